The molecule has 2 aliphatic rings. The van der Waals surface area contributed by atoms with E-state index in [1.807, 2.05) is 29.6 Å². The van der Waals surface area contributed by atoms with E-state index in [2.05, 4.69) is 25.7 Å². The second-order valence-corrected chi connectivity index (χ2v) is 13.8. The van der Waals surface area contributed by atoms with Crippen molar-refractivity contribution in [1.29, 1.82) is 0 Å². The molecule has 1 saturated heterocycles. The number of hydrogen-bond acceptors (Lipinski definition) is 10. The SMILES string of the molecule is C=CC1CC1(NC(=O)C1CC(Oc2cc(-c3nc(C(C)C)cs3)nc3cc(OC)ccc23)CN1C(=O)OC(C)(C)C)C(=O)OCC. The number of rotatable bonds is 10. The number of aromatic nitrogens is 2. The fraction of sp³-hybridized carbons (Fsp3) is 0.500. The second-order valence-electron chi connectivity index (χ2n) is 13.0. The maximum absolute atomic E-state index is 13.8. The lowest BCUT2D eigenvalue weighted by Crippen LogP contribution is -2.53. The number of amides is 2. The number of nitrogens with one attached hydrogen (secondary N) is 1. The fourth-order valence-corrected chi connectivity index (χ4v) is 6.52. The molecule has 3 heterocycles. The minimum atomic E-state index is -1.20. The maximum Gasteiger partial charge on any atom is 0.411 e. The van der Waals surface area contributed by atoms with Crippen molar-refractivity contribution in [3.05, 3.63) is 48.0 Å². The first-order valence-electron chi connectivity index (χ1n) is 15.5. The molecular weight excluding hydrogens is 608 g/mol. The van der Waals surface area contributed by atoms with Gasteiger partial charge < -0.3 is 24.3 Å². The summed E-state index contributed by atoms with van der Waals surface area (Å²) in [6.07, 6.45) is 0.975. The second kappa shape index (κ2) is 12.9. The average Bonchev–Trinajstić information content (AvgIpc) is 3.31. The van der Waals surface area contributed by atoms with Gasteiger partial charge in [0.25, 0.3) is 0 Å². The minimum absolute atomic E-state index is 0.0916. The Kier molecular flexibility index (Phi) is 9.30. The first-order valence-corrected chi connectivity index (χ1v) is 16.4. The quantitative estimate of drug-likeness (QED) is 0.212. The predicted molar refractivity (Wildman–Crippen MR) is 175 cm³/mol. The summed E-state index contributed by atoms with van der Waals surface area (Å²) in [5.74, 6) is 0.185. The molecule has 46 heavy (non-hydrogen) atoms. The van der Waals surface area contributed by atoms with Gasteiger partial charge in [0.05, 0.1) is 31.5 Å². The molecule has 1 N–H and O–H groups in total. The van der Waals surface area contributed by atoms with E-state index in [4.69, 9.17) is 28.9 Å². The van der Waals surface area contributed by atoms with Crippen molar-refractivity contribution < 1.29 is 33.3 Å². The normalized spacial score (nSPS) is 22.4. The first-order chi connectivity index (χ1) is 21.8. The van der Waals surface area contributed by atoms with Crippen LogP contribution in [0.1, 0.15) is 66.0 Å². The zero-order chi connectivity index (χ0) is 33.4. The molecule has 11 nitrogen and oxygen atoms in total. The number of pyridine rings is 1. The molecule has 5 rings (SSSR count). The van der Waals surface area contributed by atoms with Crippen molar-refractivity contribution in [2.24, 2.45) is 5.92 Å². The van der Waals surface area contributed by atoms with Crippen LogP contribution in [0, 0.1) is 5.92 Å². The highest BCUT2D eigenvalue weighted by molar-refractivity contribution is 7.13. The van der Waals surface area contributed by atoms with Crippen LogP contribution >= 0.6 is 11.3 Å². The summed E-state index contributed by atoms with van der Waals surface area (Å²) in [5, 5.41) is 6.41. The molecular formula is C34H42N4O7S. The van der Waals surface area contributed by atoms with Gasteiger partial charge in [0.15, 0.2) is 0 Å². The van der Waals surface area contributed by atoms with Crippen LogP contribution in [0.2, 0.25) is 0 Å². The number of nitrogens with zero attached hydrogens (tertiary/aromatic N) is 3. The van der Waals surface area contributed by atoms with Crippen molar-refractivity contribution in [3.8, 4) is 22.2 Å². The monoisotopic (exact) mass is 650 g/mol. The smallest absolute Gasteiger partial charge is 0.411 e. The lowest BCUT2D eigenvalue weighted by atomic mass is 10.1. The fourth-order valence-electron chi connectivity index (χ4n) is 5.58. The van der Waals surface area contributed by atoms with Gasteiger partial charge in [0.1, 0.15) is 45.5 Å². The summed E-state index contributed by atoms with van der Waals surface area (Å²) < 4.78 is 23.0. The summed E-state index contributed by atoms with van der Waals surface area (Å²) in [6.45, 7) is 15.3. The summed E-state index contributed by atoms with van der Waals surface area (Å²) in [6, 6.07) is 6.43. The van der Waals surface area contributed by atoms with E-state index < -0.39 is 41.3 Å². The van der Waals surface area contributed by atoms with E-state index in [1.165, 1.54) is 16.2 Å². The Morgan fingerprint density at radius 3 is 2.59 bits per heavy atom. The molecule has 3 aromatic rings. The van der Waals surface area contributed by atoms with Crippen LogP contribution in [0.5, 0.6) is 11.5 Å². The third kappa shape index (κ3) is 6.81. The highest BCUT2D eigenvalue weighted by atomic mass is 32.1. The van der Waals surface area contributed by atoms with E-state index in [0.717, 1.165) is 16.1 Å². The predicted octanol–water partition coefficient (Wildman–Crippen LogP) is 5.87. The van der Waals surface area contributed by atoms with Gasteiger partial charge in [0.2, 0.25) is 5.91 Å². The number of esters is 1. The molecule has 2 amide bonds. The maximum atomic E-state index is 13.8. The Bertz CT molecular complexity index is 1650. The molecule has 12 heteroatoms. The Morgan fingerprint density at radius 1 is 1.22 bits per heavy atom. The lowest BCUT2D eigenvalue weighted by molar-refractivity contribution is -0.149. The van der Waals surface area contributed by atoms with Crippen molar-refractivity contribution >= 4 is 40.2 Å². The number of ether oxygens (including phenoxy) is 4. The third-order valence-corrected chi connectivity index (χ3v) is 8.97. The first kappa shape index (κ1) is 33.2. The van der Waals surface area contributed by atoms with Crippen LogP contribution in [-0.4, -0.2) is 76.4 Å². The number of methoxy groups -OCH3 is 1. The summed E-state index contributed by atoms with van der Waals surface area (Å²) >= 11 is 1.51. The van der Waals surface area contributed by atoms with E-state index in [1.54, 1.807) is 40.9 Å². The Labute approximate surface area is 273 Å². The van der Waals surface area contributed by atoms with Crippen LogP contribution < -0.4 is 14.8 Å². The molecule has 4 unspecified atom stereocenters. The van der Waals surface area contributed by atoms with Crippen LogP contribution in [0.25, 0.3) is 21.6 Å². The third-order valence-electron chi connectivity index (χ3n) is 8.08. The van der Waals surface area contributed by atoms with Crippen molar-refractivity contribution in [1.82, 2.24) is 20.2 Å². The lowest BCUT2D eigenvalue weighted by Gasteiger charge is -2.28. The van der Waals surface area contributed by atoms with Crippen molar-refractivity contribution in [2.45, 2.75) is 83.6 Å². The molecule has 1 saturated carbocycles. The molecule has 1 aliphatic carbocycles. The van der Waals surface area contributed by atoms with E-state index in [0.29, 0.717) is 29.1 Å². The Hall–Kier alpha value is -4.19. The van der Waals surface area contributed by atoms with E-state index in [9.17, 15) is 14.4 Å². The number of carbonyl (C=O) groups excluding carboxylic acids is 3. The molecule has 1 aromatic carbocycles. The number of fused-ring (bicyclic) bond motifs is 1. The number of likely N-dealkylation sites (tertiary alicyclic amines) is 1. The summed E-state index contributed by atoms with van der Waals surface area (Å²) in [4.78, 5) is 51.2. The van der Waals surface area contributed by atoms with Crippen molar-refractivity contribution in [3.63, 3.8) is 0 Å². The van der Waals surface area contributed by atoms with Crippen LogP contribution in [0.3, 0.4) is 0 Å². The van der Waals surface area contributed by atoms with Crippen LogP contribution in [0.4, 0.5) is 4.79 Å². The molecule has 0 bridgehead atoms. The number of hydrogen-bond donors (Lipinski definition) is 1. The highest BCUT2D eigenvalue weighted by Crippen LogP contribution is 2.46. The number of thiazole rings is 1. The van der Waals surface area contributed by atoms with Gasteiger partial charge >= 0.3 is 12.1 Å². The number of benzene rings is 1. The van der Waals surface area contributed by atoms with Crippen LogP contribution in [0.15, 0.2) is 42.3 Å². The van der Waals surface area contributed by atoms with Gasteiger partial charge in [-0.3, -0.25) is 9.69 Å². The van der Waals surface area contributed by atoms with E-state index in [-0.39, 0.29) is 31.4 Å². The van der Waals surface area contributed by atoms with Gasteiger partial charge in [-0.15, -0.1) is 17.9 Å². The van der Waals surface area contributed by atoms with Gasteiger partial charge in [-0.2, -0.15) is 0 Å². The van der Waals surface area contributed by atoms with Gasteiger partial charge in [-0.25, -0.2) is 19.6 Å². The van der Waals surface area contributed by atoms with Gasteiger partial charge in [0, 0.05) is 35.2 Å². The van der Waals surface area contributed by atoms with Gasteiger partial charge in [-0.1, -0.05) is 19.9 Å². The molecule has 0 spiro atoms. The van der Waals surface area contributed by atoms with Crippen LogP contribution in [-0.2, 0) is 19.1 Å². The topological polar surface area (TPSA) is 129 Å². The van der Waals surface area contributed by atoms with E-state index >= 15 is 0 Å². The Morgan fingerprint density at radius 2 is 1.98 bits per heavy atom. The molecule has 1 aliphatic heterocycles. The molecule has 2 fully saturated rings. The summed E-state index contributed by atoms with van der Waals surface area (Å²) in [7, 11) is 1.60. The molecule has 4 atom stereocenters. The zero-order valence-electron chi connectivity index (χ0n) is 27.4. The Balaban J connectivity index is 1.47. The largest absolute Gasteiger partial charge is 0.497 e. The minimum Gasteiger partial charge on any atom is -0.497 e. The summed E-state index contributed by atoms with van der Waals surface area (Å²) in [5.41, 5.74) is 0.286. The zero-order valence-corrected chi connectivity index (χ0v) is 28.2. The standard InChI is InChI=1S/C34H42N4O7S/c1-9-20-16-34(20,31(40)43-10-2)37-29(39)27-14-22(17-38(27)32(41)45-33(5,6)7)44-28-15-25(30-36-26(18-46-30)19(3)4)35-24-13-21(42-8)11-12-23(24)28/h9,11-13,15,18-20,22,27H,1,10,14,16-17H2,2-8H3,(H,37,39). The highest BCUT2D eigenvalue weighted by Gasteiger charge is 2.62. The molecule has 2 aromatic heterocycles. The average molecular weight is 651 g/mol. The van der Waals surface area contributed by atoms with Crippen molar-refractivity contribution in [2.75, 3.05) is 20.3 Å². The van der Waals surface area contributed by atoms with Gasteiger partial charge in [-0.05, 0) is 52.2 Å². The molecule has 246 valence electrons. The molecule has 0 radical (unpaired) electrons. The number of carbonyl (C=O) groups is 3.